The number of piperidine rings is 1. The van der Waals surface area contributed by atoms with Crippen molar-refractivity contribution >= 4 is 28.8 Å². The van der Waals surface area contributed by atoms with Crippen molar-refractivity contribution in [2.24, 2.45) is 5.92 Å². The number of rotatable bonds is 8. The molecule has 2 amide bonds. The lowest BCUT2D eigenvalue weighted by atomic mass is 9.96. The van der Waals surface area contributed by atoms with Crippen LogP contribution in [-0.2, 0) is 16.0 Å². The van der Waals surface area contributed by atoms with Gasteiger partial charge in [0, 0.05) is 23.0 Å². The smallest absolute Gasteiger partial charge is 0.238 e. The zero-order valence-electron chi connectivity index (χ0n) is 17.3. The largest absolute Gasteiger partial charge is 0.355 e. The number of thiophene rings is 1. The van der Waals surface area contributed by atoms with E-state index in [0.29, 0.717) is 19.0 Å². The summed E-state index contributed by atoms with van der Waals surface area (Å²) >= 11 is 1.72. The van der Waals surface area contributed by atoms with Gasteiger partial charge in [-0.3, -0.25) is 14.5 Å². The van der Waals surface area contributed by atoms with Crippen LogP contribution in [0.4, 0.5) is 5.69 Å². The Hall–Kier alpha value is -2.18. The molecule has 156 valence electrons. The van der Waals surface area contributed by atoms with Gasteiger partial charge < -0.3 is 10.6 Å². The van der Waals surface area contributed by atoms with Gasteiger partial charge in [-0.1, -0.05) is 32.0 Å². The van der Waals surface area contributed by atoms with Gasteiger partial charge in [0.05, 0.1) is 6.54 Å². The SMILES string of the molecule is CC(C)c1ccc(NC(=O)CN2CCC(C(=O)NCCc3cccs3)CC2)cc1. The summed E-state index contributed by atoms with van der Waals surface area (Å²) in [6, 6.07) is 12.2. The van der Waals surface area contributed by atoms with Crippen LogP contribution in [0.5, 0.6) is 0 Å². The summed E-state index contributed by atoms with van der Waals surface area (Å²) in [5.74, 6) is 0.687. The third-order valence-corrected chi connectivity index (χ3v) is 6.37. The molecule has 2 heterocycles. The van der Waals surface area contributed by atoms with Gasteiger partial charge in [0.15, 0.2) is 0 Å². The van der Waals surface area contributed by atoms with Crippen molar-refractivity contribution in [2.45, 2.75) is 39.0 Å². The lowest BCUT2D eigenvalue weighted by Crippen LogP contribution is -2.43. The van der Waals surface area contributed by atoms with E-state index in [9.17, 15) is 9.59 Å². The highest BCUT2D eigenvalue weighted by Gasteiger charge is 2.25. The van der Waals surface area contributed by atoms with E-state index in [2.05, 4.69) is 53.0 Å². The standard InChI is InChI=1S/C23H31N3O2S/c1-17(2)18-5-7-20(8-6-18)25-22(27)16-26-13-10-19(11-14-26)23(28)24-12-9-21-4-3-15-29-21/h3-8,15,17,19H,9-14,16H2,1-2H3,(H,24,28)(H,25,27). The Morgan fingerprint density at radius 3 is 2.48 bits per heavy atom. The Bertz CT molecular complexity index is 779. The average Bonchev–Trinajstić information content (AvgIpc) is 3.22. The number of nitrogens with one attached hydrogen (secondary N) is 2. The Morgan fingerprint density at radius 1 is 1.14 bits per heavy atom. The quantitative estimate of drug-likeness (QED) is 0.690. The maximum absolute atomic E-state index is 12.4. The van der Waals surface area contributed by atoms with Gasteiger partial charge in [0.1, 0.15) is 0 Å². The van der Waals surface area contributed by atoms with E-state index in [1.807, 2.05) is 18.2 Å². The number of likely N-dealkylation sites (tertiary alicyclic amines) is 1. The number of carbonyl (C=O) groups excluding carboxylic acids is 2. The minimum Gasteiger partial charge on any atom is -0.355 e. The molecule has 2 N–H and O–H groups in total. The lowest BCUT2D eigenvalue weighted by molar-refractivity contribution is -0.126. The molecule has 0 aliphatic carbocycles. The third-order valence-electron chi connectivity index (χ3n) is 5.44. The second-order valence-corrected chi connectivity index (χ2v) is 9.03. The fourth-order valence-electron chi connectivity index (χ4n) is 3.62. The second-order valence-electron chi connectivity index (χ2n) is 8.00. The summed E-state index contributed by atoms with van der Waals surface area (Å²) in [7, 11) is 0. The molecular weight excluding hydrogens is 382 g/mol. The number of hydrogen-bond donors (Lipinski definition) is 2. The molecular formula is C23H31N3O2S. The van der Waals surface area contributed by atoms with Crippen LogP contribution in [0.15, 0.2) is 41.8 Å². The monoisotopic (exact) mass is 413 g/mol. The molecule has 3 rings (SSSR count). The van der Waals surface area contributed by atoms with Crippen LogP contribution < -0.4 is 10.6 Å². The molecule has 5 nitrogen and oxygen atoms in total. The molecule has 0 spiro atoms. The fraction of sp³-hybridized carbons (Fsp3) is 0.478. The predicted octanol–water partition coefficient (Wildman–Crippen LogP) is 3.88. The summed E-state index contributed by atoms with van der Waals surface area (Å²) in [6.07, 6.45) is 2.50. The number of amides is 2. The molecule has 1 aliphatic rings. The van der Waals surface area contributed by atoms with Crippen LogP contribution in [0.25, 0.3) is 0 Å². The molecule has 0 radical (unpaired) electrons. The van der Waals surface area contributed by atoms with Gasteiger partial charge in [0.25, 0.3) is 0 Å². The van der Waals surface area contributed by atoms with Crippen molar-refractivity contribution in [3.8, 4) is 0 Å². The molecule has 29 heavy (non-hydrogen) atoms. The van der Waals surface area contributed by atoms with Gasteiger partial charge in [0.2, 0.25) is 11.8 Å². The summed E-state index contributed by atoms with van der Waals surface area (Å²) in [5, 5.41) is 8.09. The highest BCUT2D eigenvalue weighted by atomic mass is 32.1. The summed E-state index contributed by atoms with van der Waals surface area (Å²) in [6.45, 7) is 6.93. The minimum absolute atomic E-state index is 0.00106. The third kappa shape index (κ3) is 6.68. The first kappa shape index (κ1) is 21.5. The lowest BCUT2D eigenvalue weighted by Gasteiger charge is -2.30. The summed E-state index contributed by atoms with van der Waals surface area (Å²) in [5.41, 5.74) is 2.10. The van der Waals surface area contributed by atoms with Gasteiger partial charge >= 0.3 is 0 Å². The minimum atomic E-state index is 0.00106. The average molecular weight is 414 g/mol. The number of hydrogen-bond acceptors (Lipinski definition) is 4. The number of anilines is 1. The van der Waals surface area contributed by atoms with E-state index in [0.717, 1.165) is 38.0 Å². The maximum atomic E-state index is 12.4. The molecule has 6 heteroatoms. The molecule has 1 aromatic carbocycles. The molecule has 0 saturated carbocycles. The van der Waals surface area contributed by atoms with E-state index in [4.69, 9.17) is 0 Å². The van der Waals surface area contributed by atoms with Crippen molar-refractivity contribution in [1.82, 2.24) is 10.2 Å². The predicted molar refractivity (Wildman–Crippen MR) is 119 cm³/mol. The first-order chi connectivity index (χ1) is 14.0. The highest BCUT2D eigenvalue weighted by molar-refractivity contribution is 7.09. The van der Waals surface area contributed by atoms with Crippen molar-refractivity contribution < 1.29 is 9.59 Å². The zero-order chi connectivity index (χ0) is 20.6. The van der Waals surface area contributed by atoms with E-state index in [1.54, 1.807) is 11.3 Å². The first-order valence-corrected chi connectivity index (χ1v) is 11.3. The van der Waals surface area contributed by atoms with Crippen LogP contribution in [0, 0.1) is 5.92 Å². The van der Waals surface area contributed by atoms with Crippen LogP contribution in [0.1, 0.15) is 43.0 Å². The van der Waals surface area contributed by atoms with Crippen LogP contribution in [-0.4, -0.2) is 42.9 Å². The van der Waals surface area contributed by atoms with Gasteiger partial charge in [-0.2, -0.15) is 0 Å². The normalized spacial score (nSPS) is 15.4. The van der Waals surface area contributed by atoms with Gasteiger partial charge in [-0.15, -0.1) is 11.3 Å². The van der Waals surface area contributed by atoms with Gasteiger partial charge in [-0.05, 0) is 67.4 Å². The Labute approximate surface area is 177 Å². The Kier molecular flexibility index (Phi) is 7.83. The molecule has 0 bridgehead atoms. The fourth-order valence-corrected chi connectivity index (χ4v) is 4.33. The van der Waals surface area contributed by atoms with Crippen LogP contribution in [0.3, 0.4) is 0 Å². The second kappa shape index (κ2) is 10.6. The number of nitrogens with zero attached hydrogens (tertiary/aromatic N) is 1. The summed E-state index contributed by atoms with van der Waals surface area (Å²) in [4.78, 5) is 28.1. The van der Waals surface area contributed by atoms with Crippen molar-refractivity contribution in [1.29, 1.82) is 0 Å². The molecule has 0 unspecified atom stereocenters. The van der Waals surface area contributed by atoms with E-state index in [1.165, 1.54) is 10.4 Å². The van der Waals surface area contributed by atoms with Gasteiger partial charge in [-0.25, -0.2) is 0 Å². The van der Waals surface area contributed by atoms with Crippen molar-refractivity contribution in [3.63, 3.8) is 0 Å². The van der Waals surface area contributed by atoms with E-state index < -0.39 is 0 Å². The molecule has 1 fully saturated rings. The molecule has 2 aromatic rings. The van der Waals surface area contributed by atoms with E-state index >= 15 is 0 Å². The maximum Gasteiger partial charge on any atom is 0.238 e. The van der Waals surface area contributed by atoms with E-state index in [-0.39, 0.29) is 17.7 Å². The molecule has 1 aromatic heterocycles. The molecule has 0 atom stereocenters. The number of carbonyl (C=O) groups is 2. The Morgan fingerprint density at radius 2 is 1.86 bits per heavy atom. The topological polar surface area (TPSA) is 61.4 Å². The van der Waals surface area contributed by atoms with Crippen LogP contribution in [0.2, 0.25) is 0 Å². The molecule has 1 saturated heterocycles. The van der Waals surface area contributed by atoms with Crippen molar-refractivity contribution in [2.75, 3.05) is 31.5 Å². The first-order valence-electron chi connectivity index (χ1n) is 10.4. The molecule has 1 aliphatic heterocycles. The highest BCUT2D eigenvalue weighted by Crippen LogP contribution is 2.19. The van der Waals surface area contributed by atoms with Crippen molar-refractivity contribution in [3.05, 3.63) is 52.2 Å². The Balaban J connectivity index is 1.35. The zero-order valence-corrected chi connectivity index (χ0v) is 18.1. The number of benzene rings is 1. The summed E-state index contributed by atoms with van der Waals surface area (Å²) < 4.78 is 0. The van der Waals surface area contributed by atoms with Crippen LogP contribution >= 0.6 is 11.3 Å².